The summed E-state index contributed by atoms with van der Waals surface area (Å²) < 4.78 is 34.7. The minimum Gasteiger partial charge on any atom is -0.383 e. The van der Waals surface area contributed by atoms with E-state index in [2.05, 4.69) is 15.2 Å². The molecule has 9 nitrogen and oxygen atoms in total. The largest absolute Gasteiger partial charge is 0.383 e. The molecule has 34 heavy (non-hydrogen) atoms. The van der Waals surface area contributed by atoms with Crippen molar-refractivity contribution in [2.24, 2.45) is 7.05 Å². The number of nitrogens with zero attached hydrogens (tertiary/aromatic N) is 4. The number of benzene rings is 1. The molecule has 0 unspecified atom stereocenters. The van der Waals surface area contributed by atoms with E-state index in [1.807, 2.05) is 17.7 Å². The monoisotopic (exact) mass is 491 g/mol. The third-order valence-corrected chi connectivity index (χ3v) is 8.93. The van der Waals surface area contributed by atoms with E-state index in [9.17, 15) is 13.2 Å². The molecule has 0 aliphatic carbocycles. The van der Waals surface area contributed by atoms with Crippen molar-refractivity contribution in [2.45, 2.75) is 55.9 Å². The van der Waals surface area contributed by atoms with Gasteiger partial charge in [0, 0.05) is 65.8 Å². The van der Waals surface area contributed by atoms with Gasteiger partial charge < -0.3 is 19.5 Å². The van der Waals surface area contributed by atoms with Crippen LogP contribution in [0.4, 0.5) is 0 Å². The number of imidazole rings is 1. The standard InChI is InChI=1S/C24H37N5O4S/c1-27-22-7-6-20(34(31,32)29-12-4-3-5-13-29)18-21(22)26-23(27)8-9-24(30)25-19-10-14-28(15-11-19)16-17-33-2/h6-7,18-19H,3-5,8-17H2,1-2H3,(H,25,30). The van der Waals surface area contributed by atoms with Gasteiger partial charge in [-0.15, -0.1) is 0 Å². The number of amides is 1. The number of rotatable bonds is 9. The van der Waals surface area contributed by atoms with Crippen molar-refractivity contribution in [2.75, 3.05) is 46.4 Å². The Labute approximate surface area is 202 Å². The molecule has 4 rings (SSSR count). The molecule has 1 aromatic carbocycles. The van der Waals surface area contributed by atoms with Crippen molar-refractivity contribution in [1.82, 2.24) is 24.1 Å². The number of piperidine rings is 2. The maximum Gasteiger partial charge on any atom is 0.243 e. The fourth-order valence-corrected chi connectivity index (χ4v) is 6.45. The Morgan fingerprint density at radius 2 is 1.88 bits per heavy atom. The highest BCUT2D eigenvalue weighted by atomic mass is 32.2. The number of aryl methyl sites for hydroxylation is 2. The maximum absolute atomic E-state index is 13.0. The Kier molecular flexibility index (Phi) is 8.23. The lowest BCUT2D eigenvalue weighted by Crippen LogP contribution is -2.45. The number of hydrogen-bond donors (Lipinski definition) is 1. The smallest absolute Gasteiger partial charge is 0.243 e. The van der Waals surface area contributed by atoms with Gasteiger partial charge in [-0.25, -0.2) is 13.4 Å². The average molecular weight is 492 g/mol. The van der Waals surface area contributed by atoms with Crippen LogP contribution in [0.1, 0.15) is 44.3 Å². The average Bonchev–Trinajstić information content (AvgIpc) is 3.17. The Morgan fingerprint density at radius 1 is 1.15 bits per heavy atom. The van der Waals surface area contributed by atoms with Gasteiger partial charge in [0.15, 0.2) is 0 Å². The molecule has 10 heteroatoms. The first-order valence-corrected chi connectivity index (χ1v) is 13.8. The Balaban J connectivity index is 1.34. The van der Waals surface area contributed by atoms with Crippen LogP contribution in [0.2, 0.25) is 0 Å². The Morgan fingerprint density at radius 3 is 2.59 bits per heavy atom. The summed E-state index contributed by atoms with van der Waals surface area (Å²) in [4.78, 5) is 19.9. The maximum atomic E-state index is 13.0. The highest BCUT2D eigenvalue weighted by molar-refractivity contribution is 7.89. The van der Waals surface area contributed by atoms with Gasteiger partial charge in [0.2, 0.25) is 15.9 Å². The van der Waals surface area contributed by atoms with Gasteiger partial charge in [-0.1, -0.05) is 6.42 Å². The van der Waals surface area contributed by atoms with Gasteiger partial charge in [-0.05, 0) is 43.9 Å². The third-order valence-electron chi connectivity index (χ3n) is 7.04. The van der Waals surface area contributed by atoms with Crippen molar-refractivity contribution in [3.63, 3.8) is 0 Å². The number of methoxy groups -OCH3 is 1. The molecule has 0 radical (unpaired) electrons. The zero-order chi connectivity index (χ0) is 24.1. The second-order valence-electron chi connectivity index (χ2n) is 9.38. The molecular formula is C24H37N5O4S. The van der Waals surface area contributed by atoms with Crippen LogP contribution in [0.3, 0.4) is 0 Å². The summed E-state index contributed by atoms with van der Waals surface area (Å²) in [5.41, 5.74) is 1.52. The number of carbonyl (C=O) groups excluding carboxylic acids is 1. The number of fused-ring (bicyclic) bond motifs is 1. The molecule has 0 bridgehead atoms. The van der Waals surface area contributed by atoms with E-state index < -0.39 is 10.0 Å². The number of carbonyl (C=O) groups is 1. The third kappa shape index (κ3) is 5.79. The van der Waals surface area contributed by atoms with Crippen molar-refractivity contribution in [1.29, 1.82) is 0 Å². The summed E-state index contributed by atoms with van der Waals surface area (Å²) in [6, 6.07) is 5.37. The van der Waals surface area contributed by atoms with Crippen LogP contribution >= 0.6 is 0 Å². The van der Waals surface area contributed by atoms with Crippen LogP contribution in [0.25, 0.3) is 11.0 Å². The predicted octanol–water partition coefficient (Wildman–Crippen LogP) is 1.91. The van der Waals surface area contributed by atoms with Crippen molar-refractivity contribution < 1.29 is 17.9 Å². The number of hydrogen-bond acceptors (Lipinski definition) is 6. The lowest BCUT2D eigenvalue weighted by molar-refractivity contribution is -0.122. The van der Waals surface area contributed by atoms with Crippen LogP contribution in [0.15, 0.2) is 23.1 Å². The summed E-state index contributed by atoms with van der Waals surface area (Å²) in [7, 11) is 0.131. The van der Waals surface area contributed by atoms with E-state index in [4.69, 9.17) is 4.74 Å². The Bertz CT molecular complexity index is 1090. The molecule has 2 aliphatic heterocycles. The van der Waals surface area contributed by atoms with Gasteiger partial charge in [-0.2, -0.15) is 4.31 Å². The molecule has 1 amide bonds. The number of nitrogens with one attached hydrogen (secondary N) is 1. The highest BCUT2D eigenvalue weighted by Gasteiger charge is 2.27. The zero-order valence-electron chi connectivity index (χ0n) is 20.3. The Hall–Kier alpha value is -2.01. The fourth-order valence-electron chi connectivity index (χ4n) is 4.91. The first-order valence-electron chi connectivity index (χ1n) is 12.3. The van der Waals surface area contributed by atoms with Gasteiger partial charge in [0.05, 0.1) is 22.5 Å². The molecule has 2 aromatic rings. The molecule has 2 aliphatic rings. The van der Waals surface area contributed by atoms with E-state index in [1.165, 1.54) is 0 Å². The number of likely N-dealkylation sites (tertiary alicyclic amines) is 1. The second kappa shape index (κ2) is 11.2. The van der Waals surface area contributed by atoms with Gasteiger partial charge >= 0.3 is 0 Å². The normalized spacial score (nSPS) is 19.0. The molecule has 2 saturated heterocycles. The van der Waals surface area contributed by atoms with E-state index in [-0.39, 0.29) is 11.9 Å². The summed E-state index contributed by atoms with van der Waals surface area (Å²) in [5.74, 6) is 0.822. The molecule has 0 atom stereocenters. The molecule has 1 N–H and O–H groups in total. The highest BCUT2D eigenvalue weighted by Crippen LogP contribution is 2.25. The molecule has 1 aromatic heterocycles. The van der Waals surface area contributed by atoms with Gasteiger partial charge in [0.1, 0.15) is 5.82 Å². The van der Waals surface area contributed by atoms with E-state index in [0.29, 0.717) is 36.3 Å². The first kappa shape index (κ1) is 25.1. The molecule has 3 heterocycles. The van der Waals surface area contributed by atoms with Crippen molar-refractivity contribution in [3.8, 4) is 0 Å². The predicted molar refractivity (Wildman–Crippen MR) is 131 cm³/mol. The quantitative estimate of drug-likeness (QED) is 0.576. The summed E-state index contributed by atoms with van der Waals surface area (Å²) >= 11 is 0. The zero-order valence-corrected chi connectivity index (χ0v) is 21.1. The van der Waals surface area contributed by atoms with Crippen molar-refractivity contribution >= 4 is 27.0 Å². The molecule has 0 saturated carbocycles. The minimum atomic E-state index is -3.50. The molecule has 188 valence electrons. The van der Waals surface area contributed by atoms with Crippen molar-refractivity contribution in [3.05, 3.63) is 24.0 Å². The SMILES string of the molecule is COCCN1CCC(NC(=O)CCc2nc3cc(S(=O)(=O)N4CCCCC4)ccc3n2C)CC1. The van der Waals surface area contributed by atoms with Crippen LogP contribution in [-0.4, -0.2) is 85.6 Å². The molecular weight excluding hydrogens is 454 g/mol. The van der Waals surface area contributed by atoms with Gasteiger partial charge in [0.25, 0.3) is 0 Å². The molecule has 2 fully saturated rings. The minimum absolute atomic E-state index is 0.0377. The number of aromatic nitrogens is 2. The summed E-state index contributed by atoms with van der Waals surface area (Å²) in [6.45, 7) is 4.78. The van der Waals surface area contributed by atoms with Crippen LogP contribution in [0.5, 0.6) is 0 Å². The first-order chi connectivity index (χ1) is 16.4. The van der Waals surface area contributed by atoms with E-state index >= 15 is 0 Å². The molecule has 0 spiro atoms. The van der Waals surface area contributed by atoms with E-state index in [1.54, 1.807) is 23.5 Å². The number of ether oxygens (including phenoxy) is 1. The van der Waals surface area contributed by atoms with Crippen LogP contribution in [-0.2, 0) is 33.0 Å². The van der Waals surface area contributed by atoms with Gasteiger partial charge in [-0.3, -0.25) is 4.79 Å². The summed E-state index contributed by atoms with van der Waals surface area (Å²) in [6.07, 6.45) is 5.67. The van der Waals surface area contributed by atoms with Crippen LogP contribution < -0.4 is 5.32 Å². The second-order valence-corrected chi connectivity index (χ2v) is 11.3. The lowest BCUT2D eigenvalue weighted by Gasteiger charge is -2.32. The summed E-state index contributed by atoms with van der Waals surface area (Å²) in [5, 5.41) is 3.17. The van der Waals surface area contributed by atoms with Crippen LogP contribution in [0, 0.1) is 0 Å². The number of sulfonamides is 1. The lowest BCUT2D eigenvalue weighted by atomic mass is 10.0. The fraction of sp³-hybridized carbons (Fsp3) is 0.667. The topological polar surface area (TPSA) is 96.8 Å². The van der Waals surface area contributed by atoms with E-state index in [0.717, 1.165) is 69.7 Å².